The third-order valence-electron chi connectivity index (χ3n) is 3.61. The summed E-state index contributed by atoms with van der Waals surface area (Å²) in [5, 5.41) is 12.5. The van der Waals surface area contributed by atoms with Gasteiger partial charge in [-0.2, -0.15) is 0 Å². The molecule has 0 fully saturated rings. The van der Waals surface area contributed by atoms with Gasteiger partial charge in [-0.25, -0.2) is 0 Å². The van der Waals surface area contributed by atoms with Gasteiger partial charge in [0.2, 0.25) is 0 Å². The maximum absolute atomic E-state index is 12.0. The van der Waals surface area contributed by atoms with Crippen molar-refractivity contribution in [3.63, 3.8) is 0 Å². The molecule has 0 aliphatic heterocycles. The van der Waals surface area contributed by atoms with Crippen molar-refractivity contribution in [2.75, 3.05) is 13.2 Å². The maximum atomic E-state index is 12.0. The SMILES string of the molecule is Cc1ccc(C(=O)NC[C@@H](O)CO[C@H](C)c2ccccc2)c(=O)[nH]1. The summed E-state index contributed by atoms with van der Waals surface area (Å²) in [7, 11) is 0. The number of carbonyl (C=O) groups is 1. The van der Waals surface area contributed by atoms with Gasteiger partial charge in [0.25, 0.3) is 11.5 Å². The second-order valence-electron chi connectivity index (χ2n) is 5.63. The van der Waals surface area contributed by atoms with Crippen LogP contribution in [0.5, 0.6) is 0 Å². The Balaban J connectivity index is 1.79. The fraction of sp³-hybridized carbons (Fsp3) is 0.333. The first-order valence-electron chi connectivity index (χ1n) is 7.80. The van der Waals surface area contributed by atoms with E-state index in [1.165, 1.54) is 6.07 Å². The van der Waals surface area contributed by atoms with E-state index in [0.717, 1.165) is 5.56 Å². The summed E-state index contributed by atoms with van der Waals surface area (Å²) in [6.45, 7) is 3.72. The van der Waals surface area contributed by atoms with Gasteiger partial charge in [0.05, 0.1) is 18.8 Å². The molecular weight excluding hydrogens is 308 g/mol. The number of hydrogen-bond acceptors (Lipinski definition) is 4. The van der Waals surface area contributed by atoms with Crippen LogP contribution >= 0.6 is 0 Å². The van der Waals surface area contributed by atoms with Gasteiger partial charge in [0.15, 0.2) is 0 Å². The molecule has 3 N–H and O–H groups in total. The topological polar surface area (TPSA) is 91.4 Å². The molecule has 1 heterocycles. The Labute approximate surface area is 140 Å². The van der Waals surface area contributed by atoms with Gasteiger partial charge in [-0.05, 0) is 31.5 Å². The van der Waals surface area contributed by atoms with Crippen LogP contribution < -0.4 is 10.9 Å². The molecule has 2 atom stereocenters. The number of benzene rings is 1. The number of carbonyl (C=O) groups excluding carboxylic acids is 1. The minimum atomic E-state index is -0.857. The lowest BCUT2D eigenvalue weighted by molar-refractivity contribution is -0.00171. The summed E-state index contributed by atoms with van der Waals surface area (Å²) < 4.78 is 5.60. The predicted octanol–water partition coefficient (Wildman–Crippen LogP) is 1.55. The second-order valence-corrected chi connectivity index (χ2v) is 5.63. The molecule has 1 aromatic heterocycles. The molecule has 1 amide bonds. The molecule has 0 radical (unpaired) electrons. The zero-order valence-electron chi connectivity index (χ0n) is 13.8. The van der Waals surface area contributed by atoms with Crippen LogP contribution in [0, 0.1) is 6.92 Å². The molecule has 0 aliphatic carbocycles. The number of aliphatic hydroxyl groups excluding tert-OH is 1. The first kappa shape index (κ1) is 17.9. The van der Waals surface area contributed by atoms with Crippen molar-refractivity contribution in [2.24, 2.45) is 0 Å². The Kier molecular flexibility index (Phi) is 6.28. The third kappa shape index (κ3) is 5.04. The number of H-pyrrole nitrogens is 1. The quantitative estimate of drug-likeness (QED) is 0.718. The Morgan fingerprint density at radius 1 is 1.25 bits per heavy atom. The Hall–Kier alpha value is -2.44. The molecular formula is C18H22N2O4. The zero-order valence-corrected chi connectivity index (χ0v) is 13.8. The molecule has 0 saturated carbocycles. The summed E-state index contributed by atoms with van der Waals surface area (Å²) in [4.78, 5) is 26.2. The van der Waals surface area contributed by atoms with E-state index < -0.39 is 17.6 Å². The van der Waals surface area contributed by atoms with Crippen LogP contribution in [0.3, 0.4) is 0 Å². The highest BCUT2D eigenvalue weighted by atomic mass is 16.5. The van der Waals surface area contributed by atoms with Crippen molar-refractivity contribution < 1.29 is 14.6 Å². The Morgan fingerprint density at radius 3 is 2.62 bits per heavy atom. The van der Waals surface area contributed by atoms with Crippen LogP contribution in [0.1, 0.15) is 34.6 Å². The van der Waals surface area contributed by atoms with E-state index in [-0.39, 0.29) is 24.8 Å². The van der Waals surface area contributed by atoms with Crippen LogP contribution in [0.15, 0.2) is 47.3 Å². The van der Waals surface area contributed by atoms with Crippen molar-refractivity contribution in [1.82, 2.24) is 10.3 Å². The van der Waals surface area contributed by atoms with Crippen LogP contribution in [-0.2, 0) is 4.74 Å². The number of pyridine rings is 1. The average Bonchev–Trinajstić information content (AvgIpc) is 2.58. The molecule has 1 aromatic carbocycles. The summed E-state index contributed by atoms with van der Waals surface area (Å²) >= 11 is 0. The highest BCUT2D eigenvalue weighted by Crippen LogP contribution is 2.15. The maximum Gasteiger partial charge on any atom is 0.260 e. The third-order valence-corrected chi connectivity index (χ3v) is 3.61. The second kappa shape index (κ2) is 8.42. The number of aromatic amines is 1. The molecule has 2 rings (SSSR count). The lowest BCUT2D eigenvalue weighted by Gasteiger charge is -2.17. The van der Waals surface area contributed by atoms with E-state index in [0.29, 0.717) is 5.69 Å². The molecule has 0 unspecified atom stereocenters. The number of rotatable bonds is 7. The van der Waals surface area contributed by atoms with E-state index in [9.17, 15) is 14.7 Å². The molecule has 2 aromatic rings. The number of nitrogens with one attached hydrogen (secondary N) is 2. The molecule has 0 saturated heterocycles. The van der Waals surface area contributed by atoms with Crippen molar-refractivity contribution >= 4 is 5.91 Å². The summed E-state index contributed by atoms with van der Waals surface area (Å²) in [6, 6.07) is 12.8. The average molecular weight is 330 g/mol. The standard InChI is InChI=1S/C18H22N2O4/c1-12-8-9-16(18(23)20-12)17(22)19-10-15(21)11-24-13(2)14-6-4-3-5-7-14/h3-9,13,15,21H,10-11H2,1-2H3,(H,19,22)(H,20,23)/t13-,15-/m1/s1. The molecule has 0 bridgehead atoms. The molecule has 24 heavy (non-hydrogen) atoms. The van der Waals surface area contributed by atoms with E-state index >= 15 is 0 Å². The largest absolute Gasteiger partial charge is 0.389 e. The van der Waals surface area contributed by atoms with Gasteiger partial charge in [-0.15, -0.1) is 0 Å². The van der Waals surface area contributed by atoms with Crippen molar-refractivity contribution in [3.8, 4) is 0 Å². The van der Waals surface area contributed by atoms with Crippen LogP contribution in [0.25, 0.3) is 0 Å². The molecule has 0 spiro atoms. The van der Waals surface area contributed by atoms with Gasteiger partial charge in [0.1, 0.15) is 5.56 Å². The number of aryl methyl sites for hydroxylation is 1. The molecule has 6 nitrogen and oxygen atoms in total. The number of amides is 1. The Morgan fingerprint density at radius 2 is 1.96 bits per heavy atom. The fourth-order valence-electron chi connectivity index (χ4n) is 2.19. The first-order valence-corrected chi connectivity index (χ1v) is 7.80. The zero-order chi connectivity index (χ0) is 17.5. The predicted molar refractivity (Wildman–Crippen MR) is 90.9 cm³/mol. The smallest absolute Gasteiger partial charge is 0.260 e. The van der Waals surface area contributed by atoms with Crippen molar-refractivity contribution in [1.29, 1.82) is 0 Å². The number of ether oxygens (including phenoxy) is 1. The van der Waals surface area contributed by atoms with Gasteiger partial charge in [0, 0.05) is 12.2 Å². The molecule has 0 aliphatic rings. The lowest BCUT2D eigenvalue weighted by atomic mass is 10.1. The van der Waals surface area contributed by atoms with E-state index in [2.05, 4.69) is 10.3 Å². The fourth-order valence-corrected chi connectivity index (χ4v) is 2.19. The van der Waals surface area contributed by atoms with E-state index in [1.807, 2.05) is 37.3 Å². The number of aliphatic hydroxyl groups is 1. The van der Waals surface area contributed by atoms with Gasteiger partial charge in [-0.3, -0.25) is 9.59 Å². The van der Waals surface area contributed by atoms with Crippen molar-refractivity contribution in [3.05, 3.63) is 69.6 Å². The lowest BCUT2D eigenvalue weighted by Crippen LogP contribution is -2.37. The highest BCUT2D eigenvalue weighted by Gasteiger charge is 2.14. The minimum Gasteiger partial charge on any atom is -0.389 e. The first-order chi connectivity index (χ1) is 11.5. The van der Waals surface area contributed by atoms with E-state index in [1.54, 1.807) is 13.0 Å². The normalized spacial score (nSPS) is 13.3. The van der Waals surface area contributed by atoms with Crippen LogP contribution in [0.4, 0.5) is 0 Å². The number of aromatic nitrogens is 1. The van der Waals surface area contributed by atoms with Crippen molar-refractivity contribution in [2.45, 2.75) is 26.1 Å². The van der Waals surface area contributed by atoms with Crippen LogP contribution in [0.2, 0.25) is 0 Å². The molecule has 6 heteroatoms. The monoisotopic (exact) mass is 330 g/mol. The molecule has 128 valence electrons. The Bertz CT molecular complexity index is 727. The van der Waals surface area contributed by atoms with Gasteiger partial charge >= 0.3 is 0 Å². The highest BCUT2D eigenvalue weighted by molar-refractivity contribution is 5.93. The van der Waals surface area contributed by atoms with Crippen LogP contribution in [-0.4, -0.2) is 35.3 Å². The number of hydrogen-bond donors (Lipinski definition) is 3. The summed E-state index contributed by atoms with van der Waals surface area (Å²) in [5.74, 6) is -0.522. The van der Waals surface area contributed by atoms with Gasteiger partial charge in [-0.1, -0.05) is 30.3 Å². The minimum absolute atomic E-state index is 0.00760. The van der Waals surface area contributed by atoms with E-state index in [4.69, 9.17) is 4.74 Å². The summed E-state index contributed by atoms with van der Waals surface area (Å²) in [6.07, 6.45) is -1.01. The summed E-state index contributed by atoms with van der Waals surface area (Å²) in [5.41, 5.74) is 1.27. The van der Waals surface area contributed by atoms with Gasteiger partial charge < -0.3 is 20.1 Å².